The molecule has 8 heteroatoms. The first-order valence-corrected chi connectivity index (χ1v) is 10.2. The van der Waals surface area contributed by atoms with Crippen molar-refractivity contribution < 1.29 is 9.53 Å². The highest BCUT2D eigenvalue weighted by Gasteiger charge is 2.16. The molecule has 0 spiro atoms. The second kappa shape index (κ2) is 9.88. The van der Waals surface area contributed by atoms with Gasteiger partial charge in [-0.05, 0) is 38.1 Å². The summed E-state index contributed by atoms with van der Waals surface area (Å²) in [5.41, 5.74) is 2.54. The lowest BCUT2D eigenvalue weighted by atomic mass is 10.2. The van der Waals surface area contributed by atoms with Gasteiger partial charge in [0.05, 0.1) is 18.0 Å². The van der Waals surface area contributed by atoms with Crippen LogP contribution >= 0.6 is 11.8 Å². The molecule has 1 aromatic carbocycles. The quantitative estimate of drug-likeness (QED) is 0.424. The first-order chi connectivity index (χ1) is 14.1. The van der Waals surface area contributed by atoms with Crippen molar-refractivity contribution in [1.29, 1.82) is 0 Å². The summed E-state index contributed by atoms with van der Waals surface area (Å²) in [7, 11) is 0. The Kier molecular flexibility index (Phi) is 7.02. The Morgan fingerprint density at radius 2 is 1.97 bits per heavy atom. The van der Waals surface area contributed by atoms with Crippen LogP contribution in [-0.2, 0) is 11.3 Å². The maximum Gasteiger partial charge on any atom is 0.234 e. The fourth-order valence-electron chi connectivity index (χ4n) is 2.69. The molecule has 0 aliphatic carbocycles. The number of hydrogen-bond donors (Lipinski definition) is 1. The molecule has 0 saturated carbocycles. The van der Waals surface area contributed by atoms with E-state index in [4.69, 9.17) is 4.74 Å². The Balaban J connectivity index is 1.73. The molecule has 1 N–H and O–H groups in total. The van der Waals surface area contributed by atoms with Gasteiger partial charge in [-0.3, -0.25) is 14.3 Å². The maximum absolute atomic E-state index is 12.5. The summed E-state index contributed by atoms with van der Waals surface area (Å²) in [6.45, 7) is 8.95. The fraction of sp³-hybridized carbons (Fsp3) is 0.238. The molecule has 3 aromatic rings. The zero-order valence-electron chi connectivity index (χ0n) is 16.5. The molecule has 0 radical (unpaired) electrons. The Labute approximate surface area is 174 Å². The largest absolute Gasteiger partial charge is 0.492 e. The van der Waals surface area contributed by atoms with Gasteiger partial charge in [0.1, 0.15) is 5.75 Å². The lowest BCUT2D eigenvalue weighted by molar-refractivity contribution is -0.113. The van der Waals surface area contributed by atoms with E-state index in [1.54, 1.807) is 12.4 Å². The number of benzene rings is 1. The number of rotatable bonds is 9. The van der Waals surface area contributed by atoms with Gasteiger partial charge in [-0.1, -0.05) is 36.0 Å². The number of ether oxygens (including phenoxy) is 1. The van der Waals surface area contributed by atoms with Crippen LogP contribution in [0.1, 0.15) is 13.8 Å². The molecular formula is C21H23N5O2S. The summed E-state index contributed by atoms with van der Waals surface area (Å²) < 4.78 is 7.52. The molecule has 0 fully saturated rings. The van der Waals surface area contributed by atoms with Crippen LogP contribution in [0.25, 0.3) is 11.4 Å². The molecule has 0 aliphatic heterocycles. The molecule has 7 nitrogen and oxygen atoms in total. The molecule has 2 heterocycles. The van der Waals surface area contributed by atoms with Crippen molar-refractivity contribution in [3.63, 3.8) is 0 Å². The van der Waals surface area contributed by atoms with Crippen LogP contribution in [0.15, 0.2) is 66.1 Å². The van der Waals surface area contributed by atoms with E-state index in [-0.39, 0.29) is 11.7 Å². The number of para-hydroxylation sites is 2. The molecule has 2 aromatic heterocycles. The van der Waals surface area contributed by atoms with E-state index in [9.17, 15) is 4.79 Å². The first-order valence-electron chi connectivity index (χ1n) is 9.21. The Bertz CT molecular complexity index is 988. The van der Waals surface area contributed by atoms with Crippen LogP contribution in [0.3, 0.4) is 0 Å². The number of anilines is 1. The highest BCUT2D eigenvalue weighted by Crippen LogP contribution is 2.26. The minimum absolute atomic E-state index is 0.141. The van der Waals surface area contributed by atoms with Gasteiger partial charge >= 0.3 is 0 Å². The molecular weight excluding hydrogens is 386 g/mol. The van der Waals surface area contributed by atoms with Crippen molar-refractivity contribution in [3.8, 4) is 17.1 Å². The zero-order chi connectivity index (χ0) is 20.6. The number of nitrogens with zero attached hydrogens (tertiary/aromatic N) is 4. The van der Waals surface area contributed by atoms with Gasteiger partial charge in [-0.2, -0.15) is 0 Å². The molecule has 0 atom stereocenters. The van der Waals surface area contributed by atoms with Crippen LogP contribution in [-0.4, -0.2) is 38.0 Å². The van der Waals surface area contributed by atoms with E-state index in [0.29, 0.717) is 29.7 Å². The Morgan fingerprint density at radius 3 is 2.69 bits per heavy atom. The van der Waals surface area contributed by atoms with Crippen molar-refractivity contribution in [2.75, 3.05) is 17.7 Å². The lowest BCUT2D eigenvalue weighted by Crippen LogP contribution is -2.15. The summed E-state index contributed by atoms with van der Waals surface area (Å²) in [4.78, 5) is 16.5. The number of carbonyl (C=O) groups is 1. The second-order valence-corrected chi connectivity index (χ2v) is 7.29. The second-order valence-electron chi connectivity index (χ2n) is 6.35. The summed E-state index contributed by atoms with van der Waals surface area (Å²) in [6.07, 6.45) is 3.43. The minimum atomic E-state index is -0.141. The number of amides is 1. The molecule has 0 saturated heterocycles. The molecule has 1 amide bonds. The van der Waals surface area contributed by atoms with Crippen LogP contribution < -0.4 is 10.1 Å². The van der Waals surface area contributed by atoms with Crippen LogP contribution in [0, 0.1) is 0 Å². The molecule has 3 rings (SSSR count). The number of aromatic nitrogens is 4. The van der Waals surface area contributed by atoms with E-state index < -0.39 is 0 Å². The van der Waals surface area contributed by atoms with Crippen LogP contribution in [0.2, 0.25) is 0 Å². The number of thioether (sulfide) groups is 1. The van der Waals surface area contributed by atoms with E-state index >= 15 is 0 Å². The first kappa shape index (κ1) is 20.6. The Hall–Kier alpha value is -3.13. The summed E-state index contributed by atoms with van der Waals surface area (Å²) >= 11 is 1.33. The number of carbonyl (C=O) groups excluding carboxylic acids is 1. The van der Waals surface area contributed by atoms with Crippen molar-refractivity contribution >= 4 is 23.4 Å². The zero-order valence-corrected chi connectivity index (χ0v) is 17.3. The predicted molar refractivity (Wildman–Crippen MR) is 115 cm³/mol. The highest BCUT2D eigenvalue weighted by atomic mass is 32.2. The van der Waals surface area contributed by atoms with Crippen molar-refractivity contribution in [2.24, 2.45) is 0 Å². The van der Waals surface area contributed by atoms with E-state index in [1.165, 1.54) is 11.8 Å². The van der Waals surface area contributed by atoms with Gasteiger partial charge in [0, 0.05) is 24.5 Å². The third kappa shape index (κ3) is 5.45. The third-order valence-corrected chi connectivity index (χ3v) is 4.84. The van der Waals surface area contributed by atoms with Gasteiger partial charge in [0.25, 0.3) is 0 Å². The maximum atomic E-state index is 12.5. The SMILES string of the molecule is C=C(C)Cn1c(SCC(=O)Nc2ccccc2OCC)nnc1-c1ccncc1. The molecule has 0 bridgehead atoms. The summed E-state index contributed by atoms with van der Waals surface area (Å²) in [5.74, 6) is 1.43. The van der Waals surface area contributed by atoms with Gasteiger partial charge in [-0.15, -0.1) is 10.2 Å². The highest BCUT2D eigenvalue weighted by molar-refractivity contribution is 7.99. The minimum Gasteiger partial charge on any atom is -0.492 e. The fourth-order valence-corrected chi connectivity index (χ4v) is 3.43. The van der Waals surface area contributed by atoms with Crippen LogP contribution in [0.5, 0.6) is 5.75 Å². The lowest BCUT2D eigenvalue weighted by Gasteiger charge is -2.12. The molecule has 0 aliphatic rings. The van der Waals surface area contributed by atoms with E-state index in [1.807, 2.05) is 54.8 Å². The average molecular weight is 410 g/mol. The third-order valence-electron chi connectivity index (χ3n) is 3.88. The summed E-state index contributed by atoms with van der Waals surface area (Å²) in [6, 6.07) is 11.1. The van der Waals surface area contributed by atoms with Crippen LogP contribution in [0.4, 0.5) is 5.69 Å². The van der Waals surface area contributed by atoms with Gasteiger partial charge in [0.2, 0.25) is 5.91 Å². The number of nitrogens with one attached hydrogen (secondary N) is 1. The molecule has 29 heavy (non-hydrogen) atoms. The van der Waals surface area contributed by atoms with Crippen molar-refractivity contribution in [2.45, 2.75) is 25.5 Å². The van der Waals surface area contributed by atoms with Gasteiger partial charge in [0.15, 0.2) is 11.0 Å². The number of allylic oxidation sites excluding steroid dienone is 1. The van der Waals surface area contributed by atoms with Crippen molar-refractivity contribution in [3.05, 3.63) is 60.9 Å². The monoisotopic (exact) mass is 409 g/mol. The smallest absolute Gasteiger partial charge is 0.234 e. The van der Waals surface area contributed by atoms with Gasteiger partial charge < -0.3 is 10.1 Å². The standard InChI is InChI=1S/C21H23N5O2S/c1-4-28-18-8-6-5-7-17(18)23-19(27)14-29-21-25-24-20(26(21)13-15(2)3)16-9-11-22-12-10-16/h5-12H,2,4,13-14H2,1,3H3,(H,23,27). The van der Waals surface area contributed by atoms with E-state index in [0.717, 1.165) is 17.0 Å². The summed E-state index contributed by atoms with van der Waals surface area (Å²) in [5, 5.41) is 12.1. The Morgan fingerprint density at radius 1 is 1.21 bits per heavy atom. The number of hydrogen-bond acceptors (Lipinski definition) is 6. The number of pyridine rings is 1. The van der Waals surface area contributed by atoms with Gasteiger partial charge in [-0.25, -0.2) is 0 Å². The topological polar surface area (TPSA) is 81.9 Å². The normalized spacial score (nSPS) is 10.6. The molecule has 0 unspecified atom stereocenters. The predicted octanol–water partition coefficient (Wildman–Crippen LogP) is 4.05. The average Bonchev–Trinajstić information content (AvgIpc) is 3.10. The van der Waals surface area contributed by atoms with E-state index in [2.05, 4.69) is 27.1 Å². The van der Waals surface area contributed by atoms with Crippen molar-refractivity contribution in [1.82, 2.24) is 19.7 Å². The molecule has 150 valence electrons.